The molecule has 2 heterocycles. The molecule has 0 aliphatic carbocycles. The molecule has 0 bridgehead atoms. The first-order valence-corrected chi connectivity index (χ1v) is 5.63. The Kier molecular flexibility index (Phi) is 3.83. The summed E-state index contributed by atoms with van der Waals surface area (Å²) in [5.41, 5.74) is 0. The van der Waals surface area contributed by atoms with E-state index < -0.39 is 0 Å². The molecule has 2 aromatic rings. The summed E-state index contributed by atoms with van der Waals surface area (Å²) in [6.07, 6.45) is 5.27. The second-order valence-electron chi connectivity index (χ2n) is 3.97. The van der Waals surface area contributed by atoms with Gasteiger partial charge in [0.05, 0.1) is 12.5 Å². The van der Waals surface area contributed by atoms with Gasteiger partial charge < -0.3 is 14.2 Å². The Balaban J connectivity index is 1.66. The van der Waals surface area contributed by atoms with Gasteiger partial charge in [0, 0.05) is 25.4 Å². The van der Waals surface area contributed by atoms with E-state index in [0.717, 1.165) is 30.9 Å². The highest BCUT2D eigenvalue weighted by Gasteiger charge is 2.05. The van der Waals surface area contributed by atoms with Crippen LogP contribution in [0.5, 0.6) is 0 Å². The van der Waals surface area contributed by atoms with Crippen molar-refractivity contribution in [3.8, 4) is 0 Å². The molecule has 86 valence electrons. The van der Waals surface area contributed by atoms with Crippen molar-refractivity contribution in [2.24, 2.45) is 0 Å². The molecule has 0 amide bonds. The van der Waals surface area contributed by atoms with Gasteiger partial charge >= 0.3 is 0 Å². The average molecular weight is 219 g/mol. The van der Waals surface area contributed by atoms with Gasteiger partial charge in [-0.05, 0) is 31.2 Å². The normalized spacial score (nSPS) is 12.8. The van der Waals surface area contributed by atoms with E-state index in [2.05, 4.69) is 12.2 Å². The van der Waals surface area contributed by atoms with E-state index in [9.17, 15) is 0 Å². The number of hydrogen-bond donors (Lipinski definition) is 1. The zero-order valence-corrected chi connectivity index (χ0v) is 9.48. The molecule has 0 aromatic carbocycles. The zero-order valence-electron chi connectivity index (χ0n) is 9.48. The largest absolute Gasteiger partial charge is 0.469 e. The predicted octanol–water partition coefficient (Wildman–Crippen LogP) is 2.64. The van der Waals surface area contributed by atoms with Crippen molar-refractivity contribution in [1.29, 1.82) is 0 Å². The first kappa shape index (κ1) is 11.0. The van der Waals surface area contributed by atoms with E-state index in [1.807, 2.05) is 24.3 Å². The van der Waals surface area contributed by atoms with Gasteiger partial charge in [0.25, 0.3) is 0 Å². The highest BCUT2D eigenvalue weighted by atomic mass is 16.3. The summed E-state index contributed by atoms with van der Waals surface area (Å²) in [7, 11) is 0. The molecule has 0 aliphatic heterocycles. The Bertz CT molecular complexity index is 378. The fourth-order valence-electron chi connectivity index (χ4n) is 1.70. The highest BCUT2D eigenvalue weighted by Crippen LogP contribution is 2.04. The smallest absolute Gasteiger partial charge is 0.105 e. The Morgan fingerprint density at radius 2 is 1.81 bits per heavy atom. The molecular weight excluding hydrogens is 202 g/mol. The molecule has 0 spiro atoms. The van der Waals surface area contributed by atoms with Crippen molar-refractivity contribution >= 4 is 0 Å². The molecule has 3 nitrogen and oxygen atoms in total. The van der Waals surface area contributed by atoms with E-state index >= 15 is 0 Å². The van der Waals surface area contributed by atoms with Crippen molar-refractivity contribution in [3.63, 3.8) is 0 Å². The maximum Gasteiger partial charge on any atom is 0.105 e. The summed E-state index contributed by atoms with van der Waals surface area (Å²) in [5, 5.41) is 3.44. The van der Waals surface area contributed by atoms with Gasteiger partial charge in [-0.25, -0.2) is 0 Å². The van der Waals surface area contributed by atoms with Crippen LogP contribution in [0.15, 0.2) is 45.6 Å². The molecule has 0 saturated heterocycles. The van der Waals surface area contributed by atoms with E-state index in [-0.39, 0.29) is 0 Å². The molecule has 2 aromatic heterocycles. The summed E-state index contributed by atoms with van der Waals surface area (Å²) in [4.78, 5) is 0. The second-order valence-corrected chi connectivity index (χ2v) is 3.97. The third-order valence-corrected chi connectivity index (χ3v) is 2.53. The van der Waals surface area contributed by atoms with E-state index in [1.165, 1.54) is 0 Å². The van der Waals surface area contributed by atoms with Crippen LogP contribution in [-0.4, -0.2) is 12.6 Å². The molecule has 2 rings (SSSR count). The quantitative estimate of drug-likeness (QED) is 0.811. The van der Waals surface area contributed by atoms with Crippen LogP contribution in [0.2, 0.25) is 0 Å². The lowest BCUT2D eigenvalue weighted by Gasteiger charge is -2.11. The lowest BCUT2D eigenvalue weighted by atomic mass is 10.2. The van der Waals surface area contributed by atoms with Crippen molar-refractivity contribution in [2.75, 3.05) is 6.54 Å². The molecular formula is C13H17NO2. The topological polar surface area (TPSA) is 38.3 Å². The van der Waals surface area contributed by atoms with Crippen LogP contribution >= 0.6 is 0 Å². The predicted molar refractivity (Wildman–Crippen MR) is 62.3 cm³/mol. The van der Waals surface area contributed by atoms with Crippen molar-refractivity contribution in [1.82, 2.24) is 5.32 Å². The fourth-order valence-corrected chi connectivity index (χ4v) is 1.70. The van der Waals surface area contributed by atoms with Crippen LogP contribution in [-0.2, 0) is 12.8 Å². The number of nitrogens with one attached hydrogen (secondary N) is 1. The van der Waals surface area contributed by atoms with Crippen LogP contribution in [0.25, 0.3) is 0 Å². The van der Waals surface area contributed by atoms with Crippen LogP contribution in [0.4, 0.5) is 0 Å². The summed E-state index contributed by atoms with van der Waals surface area (Å²) in [6.45, 7) is 3.08. The van der Waals surface area contributed by atoms with Crippen LogP contribution in [0.3, 0.4) is 0 Å². The van der Waals surface area contributed by atoms with Gasteiger partial charge in [0.1, 0.15) is 11.5 Å². The molecule has 16 heavy (non-hydrogen) atoms. The standard InChI is InChI=1S/C13H17NO2/c1-11(10-13-5-3-9-16-13)14-7-6-12-4-2-8-15-12/h2-5,8-9,11,14H,6-7,10H2,1H3. The Morgan fingerprint density at radius 1 is 1.12 bits per heavy atom. The lowest BCUT2D eigenvalue weighted by Crippen LogP contribution is -2.29. The van der Waals surface area contributed by atoms with Crippen LogP contribution in [0.1, 0.15) is 18.4 Å². The highest BCUT2D eigenvalue weighted by molar-refractivity contribution is 5.01. The minimum atomic E-state index is 0.418. The first-order chi connectivity index (χ1) is 7.84. The first-order valence-electron chi connectivity index (χ1n) is 5.63. The zero-order chi connectivity index (χ0) is 11.2. The van der Waals surface area contributed by atoms with Gasteiger partial charge in [0.2, 0.25) is 0 Å². The molecule has 0 saturated carbocycles. The molecule has 1 N–H and O–H groups in total. The minimum Gasteiger partial charge on any atom is -0.469 e. The van der Waals surface area contributed by atoms with Gasteiger partial charge in [-0.15, -0.1) is 0 Å². The molecule has 0 radical (unpaired) electrons. The molecule has 1 unspecified atom stereocenters. The fraction of sp³-hybridized carbons (Fsp3) is 0.385. The van der Waals surface area contributed by atoms with E-state index in [4.69, 9.17) is 8.83 Å². The van der Waals surface area contributed by atoms with Gasteiger partial charge in [-0.2, -0.15) is 0 Å². The number of furan rings is 2. The van der Waals surface area contributed by atoms with Gasteiger partial charge in [-0.1, -0.05) is 0 Å². The van der Waals surface area contributed by atoms with Gasteiger partial charge in [-0.3, -0.25) is 0 Å². The van der Waals surface area contributed by atoms with Crippen LogP contribution in [0, 0.1) is 0 Å². The number of rotatable bonds is 6. The Hall–Kier alpha value is -1.48. The van der Waals surface area contributed by atoms with E-state index in [0.29, 0.717) is 6.04 Å². The second kappa shape index (κ2) is 5.56. The number of hydrogen-bond acceptors (Lipinski definition) is 3. The third-order valence-electron chi connectivity index (χ3n) is 2.53. The van der Waals surface area contributed by atoms with E-state index in [1.54, 1.807) is 12.5 Å². The molecule has 1 atom stereocenters. The summed E-state index contributed by atoms with van der Waals surface area (Å²) >= 11 is 0. The van der Waals surface area contributed by atoms with Crippen molar-refractivity contribution < 1.29 is 8.83 Å². The third kappa shape index (κ3) is 3.28. The van der Waals surface area contributed by atoms with Crippen molar-refractivity contribution in [2.45, 2.75) is 25.8 Å². The van der Waals surface area contributed by atoms with Crippen molar-refractivity contribution in [3.05, 3.63) is 48.3 Å². The molecule has 3 heteroatoms. The Labute approximate surface area is 95.5 Å². The maximum atomic E-state index is 5.30. The van der Waals surface area contributed by atoms with Crippen LogP contribution < -0.4 is 5.32 Å². The summed E-state index contributed by atoms with van der Waals surface area (Å²) in [6, 6.07) is 8.26. The SMILES string of the molecule is CC(Cc1ccco1)NCCc1ccco1. The molecule has 0 fully saturated rings. The lowest BCUT2D eigenvalue weighted by molar-refractivity contribution is 0.446. The summed E-state index contributed by atoms with van der Waals surface area (Å²) < 4.78 is 10.6. The Morgan fingerprint density at radius 3 is 2.44 bits per heavy atom. The monoisotopic (exact) mass is 219 g/mol. The maximum absolute atomic E-state index is 5.30. The minimum absolute atomic E-state index is 0.418. The summed E-state index contributed by atoms with van der Waals surface area (Å²) in [5.74, 6) is 2.05. The van der Waals surface area contributed by atoms with Gasteiger partial charge in [0.15, 0.2) is 0 Å². The molecule has 0 aliphatic rings. The average Bonchev–Trinajstić information content (AvgIpc) is 2.90.